The van der Waals surface area contributed by atoms with Crippen LogP contribution in [0.1, 0.15) is 23.6 Å². The molecule has 4 amide bonds. The molecule has 3 heterocycles. The van der Waals surface area contributed by atoms with Gasteiger partial charge >= 0.3 is 6.03 Å². The minimum absolute atomic E-state index is 0.211. The highest BCUT2D eigenvalue weighted by molar-refractivity contribution is 7.08. The molecule has 1 aromatic carbocycles. The summed E-state index contributed by atoms with van der Waals surface area (Å²) in [4.78, 5) is 40.6. The van der Waals surface area contributed by atoms with Crippen LogP contribution in [0.4, 0.5) is 4.79 Å². The Morgan fingerprint density at radius 1 is 1.23 bits per heavy atom. The number of hydrogen-bond acceptors (Lipinski definition) is 4. The van der Waals surface area contributed by atoms with Crippen LogP contribution in [-0.4, -0.2) is 40.7 Å². The molecule has 6 nitrogen and oxygen atoms in total. The first-order valence-electron chi connectivity index (χ1n) is 8.50. The normalized spacial score (nSPS) is 22.3. The minimum atomic E-state index is -1.11. The number of imide groups is 1. The number of benzene rings is 1. The monoisotopic (exact) mass is 369 g/mol. The molecule has 1 N–H and O–H groups in total. The fourth-order valence-electron chi connectivity index (χ4n) is 3.53. The first-order valence-corrected chi connectivity index (χ1v) is 9.44. The molecule has 2 aliphatic rings. The van der Waals surface area contributed by atoms with E-state index >= 15 is 0 Å². The Hall–Kier alpha value is -2.67. The second kappa shape index (κ2) is 6.25. The summed E-state index contributed by atoms with van der Waals surface area (Å²) in [6, 6.07) is 9.33. The number of nitrogens with zero attached hydrogens (tertiary/aromatic N) is 2. The molecule has 1 fully saturated rings. The van der Waals surface area contributed by atoms with Crippen molar-refractivity contribution in [1.29, 1.82) is 0 Å². The summed E-state index contributed by atoms with van der Waals surface area (Å²) in [5, 5.41) is 6.43. The van der Waals surface area contributed by atoms with Gasteiger partial charge in [-0.2, -0.15) is 11.3 Å². The van der Waals surface area contributed by atoms with Crippen molar-refractivity contribution in [3.8, 4) is 0 Å². The maximum atomic E-state index is 12.8. The van der Waals surface area contributed by atoms with Crippen LogP contribution < -0.4 is 5.32 Å². The second-order valence-corrected chi connectivity index (χ2v) is 7.57. The number of fused-ring (bicyclic) bond motifs is 1. The molecule has 0 aliphatic carbocycles. The van der Waals surface area contributed by atoms with Gasteiger partial charge in [-0.25, -0.2) is 4.79 Å². The average Bonchev–Trinajstić information content (AvgIpc) is 3.26. The zero-order valence-corrected chi connectivity index (χ0v) is 15.2. The molecule has 0 radical (unpaired) electrons. The highest BCUT2D eigenvalue weighted by Gasteiger charge is 2.49. The molecule has 7 heteroatoms. The largest absolute Gasteiger partial charge is 0.336 e. The van der Waals surface area contributed by atoms with E-state index < -0.39 is 11.6 Å². The van der Waals surface area contributed by atoms with E-state index in [1.54, 1.807) is 11.8 Å². The molecule has 134 valence electrons. The maximum Gasteiger partial charge on any atom is 0.325 e. The molecule has 0 bridgehead atoms. The third-order valence-electron chi connectivity index (χ3n) is 5.15. The zero-order valence-electron chi connectivity index (χ0n) is 14.4. The number of carbonyl (C=O) groups is 3. The number of carbonyl (C=O) groups excluding carboxylic acids is 3. The van der Waals surface area contributed by atoms with E-state index in [-0.39, 0.29) is 18.4 Å². The molecule has 1 aromatic heterocycles. The summed E-state index contributed by atoms with van der Waals surface area (Å²) in [7, 11) is 0. The molecule has 2 aromatic rings. The van der Waals surface area contributed by atoms with Gasteiger partial charge in [0.15, 0.2) is 0 Å². The van der Waals surface area contributed by atoms with E-state index in [1.165, 1.54) is 16.9 Å². The van der Waals surface area contributed by atoms with Crippen LogP contribution in [0.15, 0.2) is 41.1 Å². The fourth-order valence-corrected chi connectivity index (χ4v) is 4.29. The van der Waals surface area contributed by atoms with E-state index in [2.05, 4.69) is 11.4 Å². The van der Waals surface area contributed by atoms with Crippen LogP contribution in [0.25, 0.3) is 0 Å². The quantitative estimate of drug-likeness (QED) is 0.843. The predicted molar refractivity (Wildman–Crippen MR) is 97.5 cm³/mol. The highest BCUT2D eigenvalue weighted by Crippen LogP contribution is 2.30. The Bertz CT molecular complexity index is 880. The van der Waals surface area contributed by atoms with E-state index in [9.17, 15) is 14.4 Å². The fraction of sp³-hybridized carbons (Fsp3) is 0.316. The third-order valence-corrected chi connectivity index (χ3v) is 5.83. The van der Waals surface area contributed by atoms with Crippen LogP contribution in [-0.2, 0) is 28.1 Å². The predicted octanol–water partition coefficient (Wildman–Crippen LogP) is 2.10. The van der Waals surface area contributed by atoms with Crippen LogP contribution in [0.3, 0.4) is 0 Å². The van der Waals surface area contributed by atoms with Gasteiger partial charge in [-0.3, -0.25) is 14.5 Å². The van der Waals surface area contributed by atoms with Gasteiger partial charge in [-0.1, -0.05) is 24.3 Å². The molecule has 26 heavy (non-hydrogen) atoms. The van der Waals surface area contributed by atoms with Crippen molar-refractivity contribution in [1.82, 2.24) is 15.1 Å². The highest BCUT2D eigenvalue weighted by atomic mass is 32.1. The Morgan fingerprint density at radius 2 is 2.00 bits per heavy atom. The van der Waals surface area contributed by atoms with Crippen molar-refractivity contribution in [2.45, 2.75) is 25.4 Å². The maximum absolute atomic E-state index is 12.8. The van der Waals surface area contributed by atoms with Gasteiger partial charge in [0, 0.05) is 13.1 Å². The Morgan fingerprint density at radius 3 is 2.73 bits per heavy atom. The number of nitrogens with one attached hydrogen (secondary N) is 1. The van der Waals surface area contributed by atoms with E-state index in [0.29, 0.717) is 13.1 Å². The van der Waals surface area contributed by atoms with Crippen molar-refractivity contribution in [3.05, 3.63) is 57.8 Å². The molecule has 4 rings (SSSR count). The summed E-state index contributed by atoms with van der Waals surface area (Å²) in [5.74, 6) is -0.593. The summed E-state index contributed by atoms with van der Waals surface area (Å²) in [6.45, 7) is 2.56. The van der Waals surface area contributed by atoms with Gasteiger partial charge < -0.3 is 10.2 Å². The molecular formula is C19H19N3O3S. The van der Waals surface area contributed by atoms with E-state index in [0.717, 1.165) is 22.4 Å². The lowest BCUT2D eigenvalue weighted by Crippen LogP contribution is -2.45. The van der Waals surface area contributed by atoms with Crippen LogP contribution >= 0.6 is 11.3 Å². The Labute approximate surface area is 155 Å². The average molecular weight is 369 g/mol. The van der Waals surface area contributed by atoms with Crippen LogP contribution in [0.2, 0.25) is 0 Å². The lowest BCUT2D eigenvalue weighted by Gasteiger charge is -2.30. The summed E-state index contributed by atoms with van der Waals surface area (Å²) in [5.41, 5.74) is 2.00. The molecule has 1 atom stereocenters. The number of rotatable bonds is 3. The van der Waals surface area contributed by atoms with Gasteiger partial charge in [0.25, 0.3) is 5.91 Å². The molecule has 1 saturated heterocycles. The van der Waals surface area contributed by atoms with Crippen molar-refractivity contribution in [2.24, 2.45) is 0 Å². The van der Waals surface area contributed by atoms with Gasteiger partial charge in [-0.15, -0.1) is 0 Å². The topological polar surface area (TPSA) is 69.7 Å². The number of amides is 4. The molecule has 2 aliphatic heterocycles. The van der Waals surface area contributed by atoms with Gasteiger partial charge in [0.1, 0.15) is 12.1 Å². The molecule has 0 spiro atoms. The van der Waals surface area contributed by atoms with Crippen LogP contribution in [0, 0.1) is 0 Å². The van der Waals surface area contributed by atoms with Crippen molar-refractivity contribution in [3.63, 3.8) is 0 Å². The first-order chi connectivity index (χ1) is 12.5. The van der Waals surface area contributed by atoms with Gasteiger partial charge in [-0.05, 0) is 46.9 Å². The van der Waals surface area contributed by atoms with Gasteiger partial charge in [0.05, 0.1) is 0 Å². The Balaban J connectivity index is 1.48. The number of hydrogen-bond donors (Lipinski definition) is 1. The van der Waals surface area contributed by atoms with Gasteiger partial charge in [0.2, 0.25) is 5.91 Å². The minimum Gasteiger partial charge on any atom is -0.336 e. The third kappa shape index (κ3) is 2.68. The molecular weight excluding hydrogens is 350 g/mol. The SMILES string of the molecule is C[C@]1(c2ccsc2)NC(=O)N(CC(=O)N2CCc3ccccc3C2)C1=O. The lowest BCUT2D eigenvalue weighted by molar-refractivity contribution is -0.139. The van der Waals surface area contributed by atoms with Crippen molar-refractivity contribution in [2.75, 3.05) is 13.1 Å². The Kier molecular flexibility index (Phi) is 4.03. The standard InChI is InChI=1S/C19H19N3O3S/c1-19(15-7-9-26-12-15)17(24)22(18(25)20-19)11-16(23)21-8-6-13-4-2-3-5-14(13)10-21/h2-5,7,9,12H,6,8,10-11H2,1H3,(H,20,25)/t19-/m1/s1. The van der Waals surface area contributed by atoms with E-state index in [1.807, 2.05) is 35.0 Å². The molecule has 0 unspecified atom stereocenters. The zero-order chi connectivity index (χ0) is 18.3. The number of thiophene rings is 1. The van der Waals surface area contributed by atoms with E-state index in [4.69, 9.17) is 0 Å². The van der Waals surface area contributed by atoms with Crippen LogP contribution in [0.5, 0.6) is 0 Å². The number of urea groups is 1. The molecule has 0 saturated carbocycles. The summed E-state index contributed by atoms with van der Waals surface area (Å²) >= 11 is 1.46. The summed E-state index contributed by atoms with van der Waals surface area (Å²) < 4.78 is 0. The smallest absolute Gasteiger partial charge is 0.325 e. The van der Waals surface area contributed by atoms with Crippen molar-refractivity contribution < 1.29 is 14.4 Å². The first kappa shape index (κ1) is 16.8. The van der Waals surface area contributed by atoms with Crippen molar-refractivity contribution >= 4 is 29.2 Å². The second-order valence-electron chi connectivity index (χ2n) is 6.79. The summed E-state index contributed by atoms with van der Waals surface area (Å²) in [6.07, 6.45) is 0.786. The lowest BCUT2D eigenvalue weighted by atomic mass is 9.95.